The Bertz CT molecular complexity index is 310. The first kappa shape index (κ1) is 13.8. The van der Waals surface area contributed by atoms with Crippen molar-refractivity contribution in [2.24, 2.45) is 16.3 Å². The fourth-order valence-corrected chi connectivity index (χ4v) is 1.74. The first-order valence-electron chi connectivity index (χ1n) is 5.75. The minimum absolute atomic E-state index is 0.132. The van der Waals surface area contributed by atoms with Crippen molar-refractivity contribution in [1.82, 2.24) is 4.90 Å². The van der Waals surface area contributed by atoms with E-state index in [0.29, 0.717) is 0 Å². The molecule has 1 atom stereocenters. The third-order valence-electron chi connectivity index (χ3n) is 2.79. The summed E-state index contributed by atoms with van der Waals surface area (Å²) in [6, 6.07) is -0.132. The molecule has 98 valence electrons. The molecule has 6 nitrogen and oxygen atoms in total. The molecule has 17 heavy (non-hydrogen) atoms. The predicted octanol–water partition coefficient (Wildman–Crippen LogP) is 0.744. The monoisotopic (exact) mass is 243 g/mol. The van der Waals surface area contributed by atoms with Crippen molar-refractivity contribution in [3.05, 3.63) is 0 Å². The molecule has 0 aromatic carbocycles. The molecular weight excluding hydrogens is 222 g/mol. The highest BCUT2D eigenvalue weighted by Crippen LogP contribution is 2.19. The summed E-state index contributed by atoms with van der Waals surface area (Å²) in [6.07, 6.45) is 1.77. The van der Waals surface area contributed by atoms with Crippen LogP contribution in [0.15, 0.2) is 5.16 Å². The first-order chi connectivity index (χ1) is 7.86. The number of nitrogens with two attached hydrogens (primary N) is 1. The summed E-state index contributed by atoms with van der Waals surface area (Å²) in [4.78, 5) is 13.5. The van der Waals surface area contributed by atoms with Crippen LogP contribution in [0, 0.1) is 5.41 Å². The molecule has 0 aromatic heterocycles. The number of hydrogen-bond donors (Lipinski definition) is 2. The zero-order valence-electron chi connectivity index (χ0n) is 10.6. The third-order valence-corrected chi connectivity index (χ3v) is 2.79. The molecule has 1 saturated heterocycles. The molecule has 1 fully saturated rings. The number of likely N-dealkylation sites (tertiary alicyclic amines) is 1. The van der Waals surface area contributed by atoms with Gasteiger partial charge in [0.15, 0.2) is 5.84 Å². The molecule has 3 N–H and O–H groups in total. The molecule has 0 bridgehead atoms. The SMILES string of the molecule is CC(C)(C)C(=O)OCN1CCCC1/C(N)=N/O. The van der Waals surface area contributed by atoms with Crippen LogP contribution in [-0.4, -0.2) is 41.2 Å². The zero-order chi connectivity index (χ0) is 13.1. The smallest absolute Gasteiger partial charge is 0.312 e. The van der Waals surface area contributed by atoms with Crippen LogP contribution in [-0.2, 0) is 9.53 Å². The molecule has 0 saturated carbocycles. The lowest BCUT2D eigenvalue weighted by molar-refractivity contribution is -0.157. The Morgan fingerprint density at radius 3 is 2.76 bits per heavy atom. The van der Waals surface area contributed by atoms with Crippen LogP contribution in [0.3, 0.4) is 0 Å². The molecule has 0 radical (unpaired) electrons. The highest BCUT2D eigenvalue weighted by Gasteiger charge is 2.30. The summed E-state index contributed by atoms with van der Waals surface area (Å²) >= 11 is 0. The van der Waals surface area contributed by atoms with E-state index in [1.54, 1.807) is 20.8 Å². The minimum Gasteiger partial charge on any atom is -0.449 e. The van der Waals surface area contributed by atoms with Crippen molar-refractivity contribution < 1.29 is 14.7 Å². The van der Waals surface area contributed by atoms with Gasteiger partial charge in [-0.1, -0.05) is 5.16 Å². The summed E-state index contributed by atoms with van der Waals surface area (Å²) < 4.78 is 5.21. The van der Waals surface area contributed by atoms with E-state index in [1.165, 1.54) is 0 Å². The fraction of sp³-hybridized carbons (Fsp3) is 0.818. The van der Waals surface area contributed by atoms with Gasteiger partial charge in [0, 0.05) is 6.54 Å². The van der Waals surface area contributed by atoms with Gasteiger partial charge in [-0.15, -0.1) is 0 Å². The van der Waals surface area contributed by atoms with Crippen LogP contribution in [0.2, 0.25) is 0 Å². The lowest BCUT2D eigenvalue weighted by atomic mass is 9.98. The van der Waals surface area contributed by atoms with Gasteiger partial charge in [-0.3, -0.25) is 9.69 Å². The number of carbonyl (C=O) groups is 1. The second kappa shape index (κ2) is 5.35. The number of esters is 1. The van der Waals surface area contributed by atoms with Gasteiger partial charge in [-0.2, -0.15) is 0 Å². The van der Waals surface area contributed by atoms with Crippen molar-refractivity contribution in [3.63, 3.8) is 0 Å². The van der Waals surface area contributed by atoms with Crippen molar-refractivity contribution in [1.29, 1.82) is 0 Å². The van der Waals surface area contributed by atoms with E-state index in [4.69, 9.17) is 15.7 Å². The van der Waals surface area contributed by atoms with E-state index >= 15 is 0 Å². The Hall–Kier alpha value is -1.30. The summed E-state index contributed by atoms with van der Waals surface area (Å²) in [5.41, 5.74) is 5.07. The van der Waals surface area contributed by atoms with Gasteiger partial charge < -0.3 is 15.7 Å². The van der Waals surface area contributed by atoms with Gasteiger partial charge in [0.2, 0.25) is 0 Å². The molecule has 1 heterocycles. The lowest BCUT2D eigenvalue weighted by Gasteiger charge is -2.25. The molecule has 1 aliphatic heterocycles. The van der Waals surface area contributed by atoms with Crippen molar-refractivity contribution in [2.45, 2.75) is 39.7 Å². The van der Waals surface area contributed by atoms with Crippen LogP contribution in [0.5, 0.6) is 0 Å². The van der Waals surface area contributed by atoms with Gasteiger partial charge in [-0.25, -0.2) is 0 Å². The van der Waals surface area contributed by atoms with Gasteiger partial charge in [-0.05, 0) is 33.6 Å². The average Bonchev–Trinajstić information content (AvgIpc) is 2.71. The molecule has 0 aliphatic carbocycles. The number of hydrogen-bond acceptors (Lipinski definition) is 5. The first-order valence-corrected chi connectivity index (χ1v) is 5.75. The second-order valence-electron chi connectivity index (χ2n) is 5.31. The van der Waals surface area contributed by atoms with Crippen molar-refractivity contribution in [3.8, 4) is 0 Å². The van der Waals surface area contributed by atoms with Crippen LogP contribution >= 0.6 is 0 Å². The highest BCUT2D eigenvalue weighted by atomic mass is 16.5. The molecule has 0 amide bonds. The van der Waals surface area contributed by atoms with Crippen molar-refractivity contribution in [2.75, 3.05) is 13.3 Å². The lowest BCUT2D eigenvalue weighted by Crippen LogP contribution is -2.42. The topological polar surface area (TPSA) is 88.2 Å². The summed E-state index contributed by atoms with van der Waals surface area (Å²) in [5, 5.41) is 11.7. The van der Waals surface area contributed by atoms with Crippen LogP contribution in [0.1, 0.15) is 33.6 Å². The van der Waals surface area contributed by atoms with E-state index in [1.807, 2.05) is 4.90 Å². The van der Waals surface area contributed by atoms with Gasteiger partial charge in [0.05, 0.1) is 11.5 Å². The molecule has 6 heteroatoms. The van der Waals surface area contributed by atoms with Crippen LogP contribution in [0.25, 0.3) is 0 Å². The number of amidine groups is 1. The van der Waals surface area contributed by atoms with Crippen molar-refractivity contribution >= 4 is 11.8 Å². The Morgan fingerprint density at radius 1 is 1.59 bits per heavy atom. The number of rotatable bonds is 3. The Balaban J connectivity index is 2.49. The maximum absolute atomic E-state index is 11.6. The quantitative estimate of drug-likeness (QED) is 0.251. The molecular formula is C11H21N3O3. The van der Waals surface area contributed by atoms with E-state index < -0.39 is 5.41 Å². The van der Waals surface area contributed by atoms with Gasteiger partial charge in [0.25, 0.3) is 0 Å². The van der Waals surface area contributed by atoms with E-state index in [9.17, 15) is 4.79 Å². The van der Waals surface area contributed by atoms with E-state index in [0.717, 1.165) is 19.4 Å². The number of ether oxygens (including phenoxy) is 1. The molecule has 0 aromatic rings. The van der Waals surface area contributed by atoms with Crippen LogP contribution < -0.4 is 5.73 Å². The van der Waals surface area contributed by atoms with Gasteiger partial charge in [0.1, 0.15) is 6.73 Å². The third kappa shape index (κ3) is 3.59. The fourth-order valence-electron chi connectivity index (χ4n) is 1.74. The number of carbonyl (C=O) groups excluding carboxylic acids is 1. The zero-order valence-corrected chi connectivity index (χ0v) is 10.6. The normalized spacial score (nSPS) is 22.8. The minimum atomic E-state index is -0.508. The Labute approximate surface area is 101 Å². The maximum atomic E-state index is 11.6. The second-order valence-corrected chi connectivity index (χ2v) is 5.31. The van der Waals surface area contributed by atoms with Gasteiger partial charge >= 0.3 is 5.97 Å². The Kier molecular flexibility index (Phi) is 4.34. The van der Waals surface area contributed by atoms with E-state index in [-0.39, 0.29) is 24.6 Å². The maximum Gasteiger partial charge on any atom is 0.312 e. The standard InChI is InChI=1S/C11H21N3O3/c1-11(2,3)10(15)17-7-14-6-4-5-8(14)9(12)13-16/h8,16H,4-7H2,1-3H3,(H2,12,13). The summed E-state index contributed by atoms with van der Waals surface area (Å²) in [7, 11) is 0. The number of oxime groups is 1. The predicted molar refractivity (Wildman–Crippen MR) is 63.6 cm³/mol. The number of nitrogens with zero attached hydrogens (tertiary/aromatic N) is 2. The highest BCUT2D eigenvalue weighted by molar-refractivity contribution is 5.85. The Morgan fingerprint density at radius 2 is 2.24 bits per heavy atom. The molecule has 1 rings (SSSR count). The van der Waals surface area contributed by atoms with Crippen LogP contribution in [0.4, 0.5) is 0 Å². The average molecular weight is 243 g/mol. The molecule has 1 aliphatic rings. The summed E-state index contributed by atoms with van der Waals surface area (Å²) in [5.74, 6) is -0.0723. The van der Waals surface area contributed by atoms with E-state index in [2.05, 4.69) is 5.16 Å². The molecule has 0 spiro atoms. The largest absolute Gasteiger partial charge is 0.449 e. The molecule has 1 unspecified atom stereocenters. The summed E-state index contributed by atoms with van der Waals surface area (Å²) in [6.45, 7) is 6.40.